The molecule has 4 N–H and O–H groups in total. The first kappa shape index (κ1) is 14.1. The van der Waals surface area contributed by atoms with Gasteiger partial charge < -0.3 is 16.2 Å². The van der Waals surface area contributed by atoms with Crippen molar-refractivity contribution in [2.45, 2.75) is 6.54 Å². The van der Waals surface area contributed by atoms with Gasteiger partial charge in [-0.2, -0.15) is 0 Å². The van der Waals surface area contributed by atoms with Gasteiger partial charge in [0, 0.05) is 12.2 Å². The topological polar surface area (TPSA) is 75.4 Å². The van der Waals surface area contributed by atoms with Gasteiger partial charge in [-0.1, -0.05) is 17.7 Å². The molecule has 0 spiro atoms. The highest BCUT2D eigenvalue weighted by Gasteiger charge is 2.07. The summed E-state index contributed by atoms with van der Waals surface area (Å²) >= 11 is 5.84. The number of anilines is 1. The second-order valence-corrected chi connectivity index (χ2v) is 4.61. The molecule has 0 aliphatic rings. The molecular weight excluding hydrogens is 283 g/mol. The van der Waals surface area contributed by atoms with Crippen molar-refractivity contribution in [2.75, 3.05) is 5.32 Å². The number of carbonyl (C=O) groups is 1. The van der Waals surface area contributed by atoms with Gasteiger partial charge in [-0.15, -0.1) is 0 Å². The van der Waals surface area contributed by atoms with Gasteiger partial charge in [-0.05, 0) is 35.9 Å². The average molecular weight is 295 g/mol. The summed E-state index contributed by atoms with van der Waals surface area (Å²) in [5.41, 5.74) is 6.70. The van der Waals surface area contributed by atoms with Crippen LogP contribution < -0.4 is 11.1 Å². The zero-order valence-electron chi connectivity index (χ0n) is 10.4. The largest absolute Gasteiger partial charge is 0.505 e. The molecule has 0 fully saturated rings. The first-order valence-corrected chi connectivity index (χ1v) is 6.16. The third-order valence-electron chi connectivity index (χ3n) is 2.74. The maximum atomic E-state index is 13.2. The third kappa shape index (κ3) is 3.19. The Morgan fingerprint density at radius 1 is 1.30 bits per heavy atom. The fourth-order valence-corrected chi connectivity index (χ4v) is 1.90. The smallest absolute Gasteiger partial charge is 0.250 e. The number of hydrogen-bond acceptors (Lipinski definition) is 3. The number of rotatable bonds is 4. The number of halogens is 2. The van der Waals surface area contributed by atoms with Crippen LogP contribution in [0.3, 0.4) is 0 Å². The average Bonchev–Trinajstić information content (AvgIpc) is 2.41. The van der Waals surface area contributed by atoms with E-state index in [9.17, 15) is 9.18 Å². The number of benzene rings is 2. The zero-order chi connectivity index (χ0) is 14.7. The minimum absolute atomic E-state index is 0.216. The monoisotopic (exact) mass is 294 g/mol. The Balaban J connectivity index is 2.12. The van der Waals surface area contributed by atoms with E-state index in [2.05, 4.69) is 5.32 Å². The van der Waals surface area contributed by atoms with Gasteiger partial charge in [0.25, 0.3) is 0 Å². The molecule has 0 aliphatic heterocycles. The number of phenols is 1. The van der Waals surface area contributed by atoms with E-state index in [0.717, 1.165) is 0 Å². The van der Waals surface area contributed by atoms with Gasteiger partial charge >= 0.3 is 0 Å². The van der Waals surface area contributed by atoms with E-state index in [0.29, 0.717) is 17.8 Å². The van der Waals surface area contributed by atoms with E-state index in [4.69, 9.17) is 22.4 Å². The summed E-state index contributed by atoms with van der Waals surface area (Å²) < 4.78 is 13.2. The predicted octanol–water partition coefficient (Wildman–Crippen LogP) is 2.90. The summed E-state index contributed by atoms with van der Waals surface area (Å²) in [5, 5.41) is 12.4. The maximum Gasteiger partial charge on any atom is 0.250 e. The number of hydrogen-bond donors (Lipinski definition) is 3. The number of nitrogens with one attached hydrogen (secondary N) is 1. The molecule has 0 bridgehead atoms. The van der Waals surface area contributed by atoms with E-state index < -0.39 is 17.5 Å². The van der Waals surface area contributed by atoms with E-state index in [1.165, 1.54) is 18.2 Å². The van der Waals surface area contributed by atoms with Gasteiger partial charge in [-0.25, -0.2) is 4.39 Å². The number of nitrogens with two attached hydrogens (primary N) is 1. The Morgan fingerprint density at radius 3 is 2.70 bits per heavy atom. The highest BCUT2D eigenvalue weighted by Crippen LogP contribution is 2.21. The second kappa shape index (κ2) is 5.79. The van der Waals surface area contributed by atoms with E-state index in [1.807, 2.05) is 0 Å². The molecule has 20 heavy (non-hydrogen) atoms. The number of amides is 1. The molecular formula is C14H12ClFN2O2. The fourth-order valence-electron chi connectivity index (χ4n) is 1.69. The summed E-state index contributed by atoms with van der Waals surface area (Å²) in [6.45, 7) is 0.330. The predicted molar refractivity (Wildman–Crippen MR) is 75.4 cm³/mol. The van der Waals surface area contributed by atoms with Gasteiger partial charge in [0.15, 0.2) is 11.6 Å². The molecule has 0 unspecified atom stereocenters. The molecule has 0 aliphatic carbocycles. The van der Waals surface area contributed by atoms with E-state index in [1.54, 1.807) is 18.2 Å². The maximum absolute atomic E-state index is 13.2. The molecule has 1 amide bonds. The molecule has 0 heterocycles. The highest BCUT2D eigenvalue weighted by molar-refractivity contribution is 6.33. The molecule has 4 nitrogen and oxygen atoms in total. The Hall–Kier alpha value is -2.27. The van der Waals surface area contributed by atoms with Crippen molar-refractivity contribution in [1.29, 1.82) is 0 Å². The van der Waals surface area contributed by atoms with Crippen LogP contribution in [0.4, 0.5) is 10.1 Å². The van der Waals surface area contributed by atoms with Crippen LogP contribution in [-0.2, 0) is 6.54 Å². The number of carbonyl (C=O) groups excluding carboxylic acids is 1. The molecule has 0 saturated heterocycles. The number of aromatic hydroxyl groups is 1. The standard InChI is InChI=1S/C14H12ClFN2O2/c15-11-3-2-9(6-10(11)14(17)20)18-7-8-1-4-13(19)12(16)5-8/h1-6,18-19H,7H2,(H2,17,20). The molecule has 0 radical (unpaired) electrons. The van der Waals surface area contributed by atoms with Crippen LogP contribution in [-0.4, -0.2) is 11.0 Å². The SMILES string of the molecule is NC(=O)c1cc(NCc2ccc(O)c(F)c2)ccc1Cl. The Bertz CT molecular complexity index is 662. The number of phenolic OH excluding ortho intramolecular Hbond substituents is 1. The lowest BCUT2D eigenvalue weighted by Gasteiger charge is -2.09. The van der Waals surface area contributed by atoms with Crippen LogP contribution in [0, 0.1) is 5.82 Å². The zero-order valence-corrected chi connectivity index (χ0v) is 11.1. The van der Waals surface area contributed by atoms with Crippen LogP contribution in [0.1, 0.15) is 15.9 Å². The lowest BCUT2D eigenvalue weighted by molar-refractivity contribution is 0.100. The number of primary amides is 1. The quantitative estimate of drug-likeness (QED) is 0.811. The minimum Gasteiger partial charge on any atom is -0.505 e. The summed E-state index contributed by atoms with van der Waals surface area (Å²) in [5.74, 6) is -1.69. The van der Waals surface area contributed by atoms with Crippen LogP contribution in [0.5, 0.6) is 5.75 Å². The molecule has 2 aromatic carbocycles. The normalized spacial score (nSPS) is 10.3. The van der Waals surface area contributed by atoms with Crippen molar-refractivity contribution in [3.05, 3.63) is 58.4 Å². The molecule has 6 heteroatoms. The van der Waals surface area contributed by atoms with E-state index in [-0.39, 0.29) is 10.6 Å². The summed E-state index contributed by atoms with van der Waals surface area (Å²) in [6.07, 6.45) is 0. The third-order valence-corrected chi connectivity index (χ3v) is 3.07. The van der Waals surface area contributed by atoms with Crippen molar-refractivity contribution in [3.63, 3.8) is 0 Å². The fraction of sp³-hybridized carbons (Fsp3) is 0.0714. The molecule has 2 rings (SSSR count). The van der Waals surface area contributed by atoms with Crippen LogP contribution in [0.2, 0.25) is 5.02 Å². The van der Waals surface area contributed by atoms with Crippen LogP contribution >= 0.6 is 11.6 Å². The summed E-state index contributed by atoms with van der Waals surface area (Å²) in [7, 11) is 0. The first-order valence-electron chi connectivity index (χ1n) is 5.78. The Labute approximate surface area is 120 Å². The van der Waals surface area contributed by atoms with Crippen LogP contribution in [0.15, 0.2) is 36.4 Å². The minimum atomic E-state index is -0.682. The lowest BCUT2D eigenvalue weighted by Crippen LogP contribution is -2.12. The molecule has 0 aromatic heterocycles. The lowest BCUT2D eigenvalue weighted by atomic mass is 10.1. The van der Waals surface area contributed by atoms with Crippen LogP contribution in [0.25, 0.3) is 0 Å². The van der Waals surface area contributed by atoms with Gasteiger partial charge in [-0.3, -0.25) is 4.79 Å². The van der Waals surface area contributed by atoms with Crippen molar-refractivity contribution < 1.29 is 14.3 Å². The van der Waals surface area contributed by atoms with Gasteiger partial charge in [0.1, 0.15) is 0 Å². The Kier molecular flexibility index (Phi) is 4.10. The summed E-state index contributed by atoms with van der Waals surface area (Å²) in [6, 6.07) is 8.88. The first-order chi connectivity index (χ1) is 9.47. The molecule has 104 valence electrons. The molecule has 0 atom stereocenters. The van der Waals surface area contributed by atoms with E-state index >= 15 is 0 Å². The second-order valence-electron chi connectivity index (χ2n) is 4.20. The molecule has 2 aromatic rings. The van der Waals surface area contributed by atoms with Crippen molar-refractivity contribution in [2.24, 2.45) is 5.73 Å². The van der Waals surface area contributed by atoms with Gasteiger partial charge in [0.2, 0.25) is 5.91 Å². The Morgan fingerprint density at radius 2 is 2.05 bits per heavy atom. The molecule has 0 saturated carbocycles. The van der Waals surface area contributed by atoms with Crippen molar-refractivity contribution in [1.82, 2.24) is 0 Å². The highest BCUT2D eigenvalue weighted by atomic mass is 35.5. The summed E-state index contributed by atoms with van der Waals surface area (Å²) in [4.78, 5) is 11.2. The van der Waals surface area contributed by atoms with Crippen molar-refractivity contribution in [3.8, 4) is 5.75 Å². The van der Waals surface area contributed by atoms with Gasteiger partial charge in [0.05, 0.1) is 10.6 Å². The van der Waals surface area contributed by atoms with Crippen molar-refractivity contribution >= 4 is 23.2 Å².